The number of hydrogen-bond donors (Lipinski definition) is 1. The Balaban J connectivity index is 1.79. The highest BCUT2D eigenvalue weighted by Gasteiger charge is 2.34. The van der Waals surface area contributed by atoms with Crippen molar-refractivity contribution in [1.29, 1.82) is 0 Å². The first kappa shape index (κ1) is 22.3. The highest BCUT2D eigenvalue weighted by molar-refractivity contribution is 14.1. The average Bonchev–Trinajstić information content (AvgIpc) is 2.73. The number of nitrogens with one attached hydrogen (secondary N) is 1. The van der Waals surface area contributed by atoms with E-state index in [1.54, 1.807) is 36.4 Å². The van der Waals surface area contributed by atoms with E-state index in [2.05, 4.69) is 37.9 Å². The number of carbonyl (C=O) groups is 1. The van der Waals surface area contributed by atoms with E-state index in [0.29, 0.717) is 17.0 Å². The zero-order valence-electron chi connectivity index (χ0n) is 15.5. The lowest BCUT2D eigenvalue weighted by Gasteiger charge is -2.11. The van der Waals surface area contributed by atoms with Gasteiger partial charge < -0.3 is 10.1 Å². The van der Waals surface area contributed by atoms with Crippen LogP contribution in [0.15, 0.2) is 59.8 Å². The van der Waals surface area contributed by atoms with E-state index >= 15 is 0 Å². The summed E-state index contributed by atoms with van der Waals surface area (Å²) in [6, 6.07) is 14.5. The van der Waals surface area contributed by atoms with Crippen molar-refractivity contribution >= 4 is 45.9 Å². The highest BCUT2D eigenvalue weighted by Crippen LogP contribution is 2.32. The second-order valence-electron chi connectivity index (χ2n) is 5.99. The number of thioether (sulfide) groups is 1. The van der Waals surface area contributed by atoms with Crippen LogP contribution in [0.1, 0.15) is 5.69 Å². The summed E-state index contributed by atoms with van der Waals surface area (Å²) in [6.45, 7) is 0. The fourth-order valence-electron chi connectivity index (χ4n) is 2.40. The minimum atomic E-state index is -4.64. The van der Waals surface area contributed by atoms with E-state index in [1.807, 2.05) is 12.1 Å². The topological polar surface area (TPSA) is 64.1 Å². The van der Waals surface area contributed by atoms with Crippen molar-refractivity contribution in [3.05, 3.63) is 63.9 Å². The lowest BCUT2D eigenvalue weighted by Crippen LogP contribution is -2.15. The maximum atomic E-state index is 13.3. The van der Waals surface area contributed by atoms with Gasteiger partial charge in [0.25, 0.3) is 0 Å². The third kappa shape index (κ3) is 6.08. The first-order valence-electron chi connectivity index (χ1n) is 8.53. The Bertz CT molecular complexity index is 1030. The number of rotatable bonds is 6. The second kappa shape index (κ2) is 9.65. The fraction of sp³-hybridized carbons (Fsp3) is 0.150. The number of alkyl halides is 3. The van der Waals surface area contributed by atoms with Crippen molar-refractivity contribution in [1.82, 2.24) is 9.97 Å². The molecular formula is C20H15F3IN3O2S. The molecule has 1 amide bonds. The maximum absolute atomic E-state index is 13.3. The van der Waals surface area contributed by atoms with Gasteiger partial charge in [-0.05, 0) is 77.2 Å². The molecule has 3 rings (SSSR count). The number of amides is 1. The van der Waals surface area contributed by atoms with Crippen LogP contribution in [-0.2, 0) is 11.0 Å². The van der Waals surface area contributed by atoms with E-state index in [1.165, 1.54) is 7.11 Å². The number of benzene rings is 2. The fourth-order valence-corrected chi connectivity index (χ4v) is 3.42. The van der Waals surface area contributed by atoms with Crippen molar-refractivity contribution in [2.75, 3.05) is 18.2 Å². The van der Waals surface area contributed by atoms with Gasteiger partial charge in [-0.3, -0.25) is 4.79 Å². The molecule has 0 bridgehead atoms. The van der Waals surface area contributed by atoms with Crippen LogP contribution in [0, 0.1) is 3.57 Å². The molecule has 0 saturated carbocycles. The third-order valence-electron chi connectivity index (χ3n) is 3.84. The standard InChI is InChI=1S/C20H15F3IN3O2S/c1-29-15-8-2-12(3-9-15)16-10-17(20(21,22)23)27-19(26-16)30-11-18(28)25-14-6-4-13(24)5-7-14/h2-10H,11H2,1H3,(H,25,28). The molecular weight excluding hydrogens is 530 g/mol. The quantitative estimate of drug-likeness (QED) is 0.252. The summed E-state index contributed by atoms with van der Waals surface area (Å²) in [5, 5.41) is 2.56. The Morgan fingerprint density at radius 3 is 2.37 bits per heavy atom. The molecule has 156 valence electrons. The minimum Gasteiger partial charge on any atom is -0.497 e. The number of halogens is 4. The van der Waals surface area contributed by atoms with Crippen LogP contribution in [0.2, 0.25) is 0 Å². The van der Waals surface area contributed by atoms with Gasteiger partial charge in [-0.1, -0.05) is 11.8 Å². The van der Waals surface area contributed by atoms with Crippen molar-refractivity contribution < 1.29 is 22.7 Å². The number of ether oxygens (including phenoxy) is 1. The van der Waals surface area contributed by atoms with Gasteiger partial charge in [-0.25, -0.2) is 9.97 Å². The van der Waals surface area contributed by atoms with Crippen molar-refractivity contribution in [3.63, 3.8) is 0 Å². The lowest BCUT2D eigenvalue weighted by atomic mass is 10.1. The lowest BCUT2D eigenvalue weighted by molar-refractivity contribution is -0.141. The first-order chi connectivity index (χ1) is 14.2. The van der Waals surface area contributed by atoms with Crippen LogP contribution < -0.4 is 10.1 Å². The molecule has 1 heterocycles. The molecule has 0 aliphatic heterocycles. The van der Waals surface area contributed by atoms with Gasteiger partial charge in [-0.15, -0.1) is 0 Å². The molecule has 10 heteroatoms. The molecule has 3 aromatic rings. The average molecular weight is 545 g/mol. The summed E-state index contributed by atoms with van der Waals surface area (Å²) in [6.07, 6.45) is -4.64. The van der Waals surface area contributed by atoms with Gasteiger partial charge in [-0.2, -0.15) is 13.2 Å². The van der Waals surface area contributed by atoms with Gasteiger partial charge in [0.05, 0.1) is 18.6 Å². The number of methoxy groups -OCH3 is 1. The summed E-state index contributed by atoms with van der Waals surface area (Å²) in [5.74, 6) is 0.0777. The molecule has 0 aliphatic carbocycles. The second-order valence-corrected chi connectivity index (χ2v) is 8.18. The molecule has 0 spiro atoms. The van der Waals surface area contributed by atoms with Crippen LogP contribution in [0.4, 0.5) is 18.9 Å². The summed E-state index contributed by atoms with van der Waals surface area (Å²) in [7, 11) is 1.50. The third-order valence-corrected chi connectivity index (χ3v) is 5.41. The molecule has 1 aromatic heterocycles. The van der Waals surface area contributed by atoms with E-state index < -0.39 is 11.9 Å². The van der Waals surface area contributed by atoms with Gasteiger partial charge in [0, 0.05) is 14.8 Å². The smallest absolute Gasteiger partial charge is 0.433 e. The van der Waals surface area contributed by atoms with E-state index in [4.69, 9.17) is 4.74 Å². The van der Waals surface area contributed by atoms with Crippen LogP contribution in [0.3, 0.4) is 0 Å². The Morgan fingerprint density at radius 1 is 1.10 bits per heavy atom. The van der Waals surface area contributed by atoms with Crippen molar-refractivity contribution in [2.45, 2.75) is 11.3 Å². The minimum absolute atomic E-state index is 0.112. The Hall–Kier alpha value is -2.34. The van der Waals surface area contributed by atoms with Gasteiger partial charge in [0.15, 0.2) is 5.16 Å². The normalized spacial score (nSPS) is 11.2. The van der Waals surface area contributed by atoms with Crippen molar-refractivity contribution in [3.8, 4) is 17.0 Å². The van der Waals surface area contributed by atoms with E-state index in [9.17, 15) is 18.0 Å². The molecule has 0 radical (unpaired) electrons. The van der Waals surface area contributed by atoms with Gasteiger partial charge in [0.1, 0.15) is 11.4 Å². The summed E-state index contributed by atoms with van der Waals surface area (Å²) < 4.78 is 46.0. The molecule has 0 aliphatic rings. The largest absolute Gasteiger partial charge is 0.497 e. The van der Waals surface area contributed by atoms with Crippen molar-refractivity contribution in [2.24, 2.45) is 0 Å². The Kier molecular flexibility index (Phi) is 7.19. The SMILES string of the molecule is COc1ccc(-c2cc(C(F)(F)F)nc(SCC(=O)Nc3ccc(I)cc3)n2)cc1. The predicted octanol–water partition coefficient (Wildman–Crippen LogP) is 5.51. The summed E-state index contributed by atoms with van der Waals surface area (Å²) in [4.78, 5) is 19.9. The molecule has 0 saturated heterocycles. The molecule has 0 fully saturated rings. The van der Waals surface area contributed by atoms with Gasteiger partial charge in [0.2, 0.25) is 5.91 Å². The van der Waals surface area contributed by atoms with Crippen LogP contribution in [0.5, 0.6) is 5.75 Å². The van der Waals surface area contributed by atoms with Crippen LogP contribution in [0.25, 0.3) is 11.3 Å². The maximum Gasteiger partial charge on any atom is 0.433 e. The van der Waals surface area contributed by atoms with Crippen LogP contribution in [-0.4, -0.2) is 28.7 Å². The Labute approximate surface area is 188 Å². The first-order valence-corrected chi connectivity index (χ1v) is 10.6. The summed E-state index contributed by atoms with van der Waals surface area (Å²) >= 11 is 2.98. The highest BCUT2D eigenvalue weighted by atomic mass is 127. The molecule has 0 atom stereocenters. The monoisotopic (exact) mass is 545 g/mol. The Morgan fingerprint density at radius 2 is 1.77 bits per heavy atom. The number of hydrogen-bond acceptors (Lipinski definition) is 5. The molecule has 2 aromatic carbocycles. The molecule has 30 heavy (non-hydrogen) atoms. The molecule has 0 unspecified atom stereocenters. The number of carbonyl (C=O) groups excluding carboxylic acids is 1. The number of anilines is 1. The van der Waals surface area contributed by atoms with Crippen LogP contribution >= 0.6 is 34.4 Å². The predicted molar refractivity (Wildman–Crippen MR) is 118 cm³/mol. The molecule has 1 N–H and O–H groups in total. The van der Waals surface area contributed by atoms with Gasteiger partial charge >= 0.3 is 6.18 Å². The molecule has 5 nitrogen and oxygen atoms in total. The zero-order valence-corrected chi connectivity index (χ0v) is 18.5. The van der Waals surface area contributed by atoms with E-state index in [0.717, 1.165) is 21.4 Å². The summed E-state index contributed by atoms with van der Waals surface area (Å²) in [5.41, 5.74) is 0.128. The van der Waals surface area contributed by atoms with E-state index in [-0.39, 0.29) is 22.5 Å². The number of nitrogens with zero attached hydrogens (tertiary/aromatic N) is 2. The number of aromatic nitrogens is 2. The zero-order chi connectivity index (χ0) is 21.7.